The normalized spacial score (nSPS) is 14.5. The molecule has 7 heteroatoms. The van der Waals surface area contributed by atoms with E-state index in [1.54, 1.807) is 4.57 Å². The Bertz CT molecular complexity index is 1320. The summed E-state index contributed by atoms with van der Waals surface area (Å²) in [5.41, 5.74) is 3.25. The van der Waals surface area contributed by atoms with Gasteiger partial charge < -0.3 is 9.73 Å². The second-order valence-electron chi connectivity index (χ2n) is 7.99. The second-order valence-corrected chi connectivity index (χ2v) is 8.93. The molecule has 1 aliphatic carbocycles. The number of nitrogens with zero attached hydrogens (tertiary/aromatic N) is 2. The Morgan fingerprint density at radius 1 is 1.16 bits per heavy atom. The zero-order valence-corrected chi connectivity index (χ0v) is 18.1. The number of hydrogen-bond acceptors (Lipinski definition) is 5. The maximum absolute atomic E-state index is 13.4. The highest BCUT2D eigenvalue weighted by atomic mass is 32.2. The zero-order valence-electron chi connectivity index (χ0n) is 17.3. The van der Waals surface area contributed by atoms with Gasteiger partial charge >= 0.3 is 0 Å². The van der Waals surface area contributed by atoms with E-state index >= 15 is 0 Å². The number of para-hydroxylation sites is 1. The summed E-state index contributed by atoms with van der Waals surface area (Å²) in [6, 6.07) is 15.3. The highest BCUT2D eigenvalue weighted by molar-refractivity contribution is 7.99. The van der Waals surface area contributed by atoms with Crippen molar-refractivity contribution in [2.24, 2.45) is 0 Å². The molecule has 1 saturated carbocycles. The molecule has 1 aliphatic rings. The van der Waals surface area contributed by atoms with Gasteiger partial charge in [-0.1, -0.05) is 54.4 Å². The van der Waals surface area contributed by atoms with Crippen molar-refractivity contribution in [2.75, 3.05) is 11.1 Å². The molecule has 1 N–H and O–H groups in total. The van der Waals surface area contributed by atoms with E-state index in [0.29, 0.717) is 21.8 Å². The predicted octanol–water partition coefficient (Wildman–Crippen LogP) is 5.30. The van der Waals surface area contributed by atoms with Crippen molar-refractivity contribution in [3.63, 3.8) is 0 Å². The van der Waals surface area contributed by atoms with Gasteiger partial charge in [-0.15, -0.1) is 0 Å². The summed E-state index contributed by atoms with van der Waals surface area (Å²) in [5, 5.41) is 4.31. The predicted molar refractivity (Wildman–Crippen MR) is 124 cm³/mol. The number of carbonyl (C=O) groups is 1. The lowest BCUT2D eigenvalue weighted by Gasteiger charge is -2.17. The van der Waals surface area contributed by atoms with E-state index in [2.05, 4.69) is 5.32 Å². The molecule has 31 heavy (non-hydrogen) atoms. The lowest BCUT2D eigenvalue weighted by atomic mass is 10.2. The first-order valence-electron chi connectivity index (χ1n) is 10.5. The van der Waals surface area contributed by atoms with Crippen LogP contribution in [0.2, 0.25) is 0 Å². The largest absolute Gasteiger partial charge is 0.448 e. The number of hydrogen-bond donors (Lipinski definition) is 1. The van der Waals surface area contributed by atoms with Gasteiger partial charge in [0.15, 0.2) is 5.16 Å². The summed E-state index contributed by atoms with van der Waals surface area (Å²) < 4.78 is 7.62. The molecule has 1 amide bonds. The van der Waals surface area contributed by atoms with Crippen LogP contribution in [0.4, 0.5) is 5.69 Å². The summed E-state index contributed by atoms with van der Waals surface area (Å²) >= 11 is 1.30. The Morgan fingerprint density at radius 2 is 1.90 bits per heavy atom. The molecule has 6 nitrogen and oxygen atoms in total. The number of nitrogens with one attached hydrogen (secondary N) is 1. The van der Waals surface area contributed by atoms with Crippen LogP contribution >= 0.6 is 11.8 Å². The van der Waals surface area contributed by atoms with E-state index in [1.165, 1.54) is 11.8 Å². The first-order valence-corrected chi connectivity index (χ1v) is 11.5. The quantitative estimate of drug-likeness (QED) is 0.341. The summed E-state index contributed by atoms with van der Waals surface area (Å²) in [5.74, 6) is 0.0483. The maximum Gasteiger partial charge on any atom is 0.298 e. The Hall–Kier alpha value is -3.06. The Balaban J connectivity index is 1.49. The molecule has 4 aromatic rings. The number of carbonyl (C=O) groups excluding carboxylic acids is 1. The Kier molecular flexibility index (Phi) is 5.28. The third-order valence-electron chi connectivity index (χ3n) is 5.75. The van der Waals surface area contributed by atoms with E-state index < -0.39 is 0 Å². The number of rotatable bonds is 5. The molecule has 0 atom stereocenters. The molecule has 0 bridgehead atoms. The van der Waals surface area contributed by atoms with Gasteiger partial charge in [0.1, 0.15) is 11.1 Å². The Labute approximate surface area is 183 Å². The van der Waals surface area contributed by atoms with Crippen molar-refractivity contribution in [3.05, 3.63) is 64.4 Å². The molecule has 158 valence electrons. The summed E-state index contributed by atoms with van der Waals surface area (Å²) in [6.45, 7) is 2.01. The zero-order chi connectivity index (χ0) is 21.4. The van der Waals surface area contributed by atoms with E-state index in [0.717, 1.165) is 42.3 Å². The van der Waals surface area contributed by atoms with Crippen LogP contribution in [-0.4, -0.2) is 21.2 Å². The van der Waals surface area contributed by atoms with Gasteiger partial charge in [0.25, 0.3) is 5.56 Å². The molecule has 2 aromatic carbocycles. The molecule has 0 spiro atoms. The molecule has 2 heterocycles. The van der Waals surface area contributed by atoms with Crippen molar-refractivity contribution in [1.29, 1.82) is 0 Å². The fraction of sp³-hybridized carbons (Fsp3) is 0.292. The number of furan rings is 1. The van der Waals surface area contributed by atoms with Gasteiger partial charge in [0.2, 0.25) is 11.5 Å². The monoisotopic (exact) mass is 433 g/mol. The topological polar surface area (TPSA) is 77.1 Å². The SMILES string of the molecule is Cc1ccc(NC(=O)CSc2nc3c(oc4ccccc43)c(=O)n2C2CCCC2)cc1. The number of aromatic nitrogens is 2. The molecule has 5 rings (SSSR count). The smallest absolute Gasteiger partial charge is 0.298 e. The summed E-state index contributed by atoms with van der Waals surface area (Å²) in [4.78, 5) is 30.7. The van der Waals surface area contributed by atoms with E-state index in [4.69, 9.17) is 9.40 Å². The molecule has 0 aliphatic heterocycles. The second kappa shape index (κ2) is 8.23. The van der Waals surface area contributed by atoms with Gasteiger partial charge in [-0.2, -0.15) is 0 Å². The number of fused-ring (bicyclic) bond motifs is 3. The van der Waals surface area contributed by atoms with Crippen LogP contribution in [0.3, 0.4) is 0 Å². The highest BCUT2D eigenvalue weighted by Crippen LogP contribution is 2.34. The minimum atomic E-state index is -0.158. The molecular weight excluding hydrogens is 410 g/mol. The number of aryl methyl sites for hydroxylation is 1. The van der Waals surface area contributed by atoms with Crippen molar-refractivity contribution < 1.29 is 9.21 Å². The number of thioether (sulfide) groups is 1. The van der Waals surface area contributed by atoms with Crippen LogP contribution < -0.4 is 10.9 Å². The van der Waals surface area contributed by atoms with Crippen LogP contribution in [-0.2, 0) is 4.79 Å². The standard InChI is InChI=1S/C24H23N3O3S/c1-15-10-12-16(13-11-15)25-20(28)14-31-24-26-21-18-8-4-5-9-19(18)30-22(21)23(29)27(24)17-6-2-3-7-17/h4-5,8-13,17H,2-3,6-7,14H2,1H3,(H,25,28). The van der Waals surface area contributed by atoms with Gasteiger partial charge in [-0.25, -0.2) is 4.98 Å². The summed E-state index contributed by atoms with van der Waals surface area (Å²) in [7, 11) is 0. The number of amides is 1. The van der Waals surface area contributed by atoms with E-state index in [1.807, 2.05) is 55.5 Å². The molecule has 0 radical (unpaired) electrons. The van der Waals surface area contributed by atoms with Crippen LogP contribution in [0, 0.1) is 6.92 Å². The van der Waals surface area contributed by atoms with Crippen molar-refractivity contribution in [3.8, 4) is 0 Å². The van der Waals surface area contributed by atoms with Crippen LogP contribution in [0.1, 0.15) is 37.3 Å². The minimum absolute atomic E-state index is 0.0975. The van der Waals surface area contributed by atoms with Gasteiger partial charge in [0.05, 0.1) is 5.75 Å². The van der Waals surface area contributed by atoms with Crippen LogP contribution in [0.15, 0.2) is 62.9 Å². The third-order valence-corrected chi connectivity index (χ3v) is 6.71. The molecular formula is C24H23N3O3S. The molecule has 0 unspecified atom stereocenters. The summed E-state index contributed by atoms with van der Waals surface area (Å²) in [6.07, 6.45) is 4.06. The fourth-order valence-electron chi connectivity index (χ4n) is 4.18. The van der Waals surface area contributed by atoms with Crippen LogP contribution in [0.25, 0.3) is 22.1 Å². The average molecular weight is 434 g/mol. The third kappa shape index (κ3) is 3.85. The van der Waals surface area contributed by atoms with Gasteiger partial charge in [0, 0.05) is 17.1 Å². The Morgan fingerprint density at radius 3 is 2.68 bits per heavy atom. The molecule has 1 fully saturated rings. The number of anilines is 1. The van der Waals surface area contributed by atoms with Crippen molar-refractivity contribution in [2.45, 2.75) is 43.8 Å². The number of benzene rings is 2. The van der Waals surface area contributed by atoms with E-state index in [-0.39, 0.29) is 23.3 Å². The lowest BCUT2D eigenvalue weighted by Crippen LogP contribution is -2.26. The highest BCUT2D eigenvalue weighted by Gasteiger charge is 2.25. The average Bonchev–Trinajstić information content (AvgIpc) is 3.42. The molecule has 2 aromatic heterocycles. The lowest BCUT2D eigenvalue weighted by molar-refractivity contribution is -0.113. The first-order chi connectivity index (χ1) is 15.1. The van der Waals surface area contributed by atoms with Gasteiger partial charge in [-0.3, -0.25) is 14.2 Å². The van der Waals surface area contributed by atoms with Crippen LogP contribution in [0.5, 0.6) is 0 Å². The van der Waals surface area contributed by atoms with Crippen molar-refractivity contribution >= 4 is 45.4 Å². The minimum Gasteiger partial charge on any atom is -0.448 e. The van der Waals surface area contributed by atoms with E-state index in [9.17, 15) is 9.59 Å². The first kappa shape index (κ1) is 19.9. The van der Waals surface area contributed by atoms with Crippen molar-refractivity contribution in [1.82, 2.24) is 9.55 Å². The maximum atomic E-state index is 13.4. The van der Waals surface area contributed by atoms with Gasteiger partial charge in [-0.05, 0) is 44.0 Å². The fourth-order valence-corrected chi connectivity index (χ4v) is 5.04. The molecule has 0 saturated heterocycles.